The molecule has 0 bridgehead atoms. The normalized spacial score (nSPS) is 12.4. The van der Waals surface area contributed by atoms with E-state index in [0.717, 1.165) is 5.56 Å². The molecular formula is C15H22N2O5. The molecule has 0 aliphatic carbocycles. The molecule has 0 spiro atoms. The molecule has 0 radical (unpaired) electrons. The van der Waals surface area contributed by atoms with Crippen LogP contribution in [-0.2, 0) is 16.0 Å². The molecule has 0 fully saturated rings. The van der Waals surface area contributed by atoms with Crippen LogP contribution in [0.1, 0.15) is 12.5 Å². The number of urea groups is 1. The number of esters is 1. The summed E-state index contributed by atoms with van der Waals surface area (Å²) < 4.78 is 4.69. The number of ether oxygens (including phenoxy) is 1. The Morgan fingerprint density at radius 3 is 2.32 bits per heavy atom. The Morgan fingerprint density at radius 1 is 1.23 bits per heavy atom. The van der Waals surface area contributed by atoms with E-state index in [-0.39, 0.29) is 6.42 Å². The van der Waals surface area contributed by atoms with E-state index in [1.807, 2.05) is 30.3 Å². The first kappa shape index (κ1) is 17.9. The predicted molar refractivity (Wildman–Crippen MR) is 80.2 cm³/mol. The summed E-state index contributed by atoms with van der Waals surface area (Å²) in [7, 11) is 1.24. The van der Waals surface area contributed by atoms with Gasteiger partial charge in [0.05, 0.1) is 25.9 Å². The summed E-state index contributed by atoms with van der Waals surface area (Å²) in [6.07, 6.45) is 0.274. The SMILES string of the molecule is COC(=O)[C@H](Cc1ccccc1)NC(=O)NC(C)(CO)CO. The van der Waals surface area contributed by atoms with E-state index < -0.39 is 36.8 Å². The first-order valence-electron chi connectivity index (χ1n) is 6.86. The van der Waals surface area contributed by atoms with Crippen LogP contribution in [-0.4, -0.2) is 54.1 Å². The molecular weight excluding hydrogens is 288 g/mol. The molecule has 0 saturated heterocycles. The number of amides is 2. The standard InChI is InChI=1S/C15H22N2O5/c1-15(9-18,10-19)17-14(21)16-12(13(20)22-2)8-11-6-4-3-5-7-11/h3-7,12,18-19H,8-10H2,1-2H3,(H2,16,17,21)/t12-/m0/s1. The third-order valence-corrected chi connectivity index (χ3v) is 3.19. The number of methoxy groups -OCH3 is 1. The Bertz CT molecular complexity index is 488. The smallest absolute Gasteiger partial charge is 0.328 e. The van der Waals surface area contributed by atoms with Gasteiger partial charge in [0, 0.05) is 6.42 Å². The molecule has 2 amide bonds. The fraction of sp³-hybridized carbons (Fsp3) is 0.467. The highest BCUT2D eigenvalue weighted by Gasteiger charge is 2.28. The number of carbonyl (C=O) groups excluding carboxylic acids is 2. The highest BCUT2D eigenvalue weighted by Crippen LogP contribution is 2.05. The van der Waals surface area contributed by atoms with E-state index in [1.165, 1.54) is 14.0 Å². The van der Waals surface area contributed by atoms with Gasteiger partial charge in [-0.25, -0.2) is 9.59 Å². The molecule has 7 nitrogen and oxygen atoms in total. The molecule has 4 N–H and O–H groups in total. The lowest BCUT2D eigenvalue weighted by atomic mass is 10.1. The van der Waals surface area contributed by atoms with Crippen molar-refractivity contribution in [3.63, 3.8) is 0 Å². The zero-order valence-corrected chi connectivity index (χ0v) is 12.7. The monoisotopic (exact) mass is 310 g/mol. The van der Waals surface area contributed by atoms with Gasteiger partial charge in [0.1, 0.15) is 6.04 Å². The number of nitrogens with one attached hydrogen (secondary N) is 2. The average molecular weight is 310 g/mol. The Kier molecular flexibility index (Phi) is 6.81. The molecule has 0 aromatic heterocycles. The van der Waals surface area contributed by atoms with Crippen LogP contribution in [0.2, 0.25) is 0 Å². The van der Waals surface area contributed by atoms with Crippen molar-refractivity contribution in [3.05, 3.63) is 35.9 Å². The van der Waals surface area contributed by atoms with Gasteiger partial charge in [-0.15, -0.1) is 0 Å². The van der Waals surface area contributed by atoms with E-state index in [9.17, 15) is 9.59 Å². The number of rotatable bonds is 7. The van der Waals surface area contributed by atoms with Crippen LogP contribution >= 0.6 is 0 Å². The summed E-state index contributed by atoms with van der Waals surface area (Å²) in [5.41, 5.74) is -0.303. The maximum atomic E-state index is 11.9. The Balaban J connectivity index is 2.73. The average Bonchev–Trinajstić information content (AvgIpc) is 2.54. The highest BCUT2D eigenvalue weighted by molar-refractivity contribution is 5.84. The number of benzene rings is 1. The minimum absolute atomic E-state index is 0.274. The molecule has 7 heteroatoms. The van der Waals surface area contributed by atoms with Crippen molar-refractivity contribution in [2.75, 3.05) is 20.3 Å². The lowest BCUT2D eigenvalue weighted by Gasteiger charge is -2.27. The van der Waals surface area contributed by atoms with Crippen molar-refractivity contribution in [2.45, 2.75) is 24.9 Å². The van der Waals surface area contributed by atoms with E-state index in [2.05, 4.69) is 15.4 Å². The van der Waals surface area contributed by atoms with Gasteiger partial charge >= 0.3 is 12.0 Å². The van der Waals surface area contributed by atoms with Crippen molar-refractivity contribution in [2.24, 2.45) is 0 Å². The maximum absolute atomic E-state index is 11.9. The third kappa shape index (κ3) is 5.34. The molecule has 0 heterocycles. The quantitative estimate of drug-likeness (QED) is 0.522. The van der Waals surface area contributed by atoms with E-state index >= 15 is 0 Å². The topological polar surface area (TPSA) is 108 Å². The highest BCUT2D eigenvalue weighted by atomic mass is 16.5. The summed E-state index contributed by atoms with van der Waals surface area (Å²) in [6.45, 7) is 0.619. The summed E-state index contributed by atoms with van der Waals surface area (Å²) in [6, 6.07) is 7.65. The number of carbonyl (C=O) groups is 2. The van der Waals surface area contributed by atoms with Crippen molar-refractivity contribution >= 4 is 12.0 Å². The molecule has 0 saturated carbocycles. The Labute approximate surface area is 129 Å². The lowest BCUT2D eigenvalue weighted by Crippen LogP contribution is -2.57. The molecule has 0 aliphatic heterocycles. The van der Waals surface area contributed by atoms with Crippen LogP contribution in [0.3, 0.4) is 0 Å². The number of aliphatic hydroxyl groups is 2. The van der Waals surface area contributed by atoms with Gasteiger partial charge in [0.25, 0.3) is 0 Å². The van der Waals surface area contributed by atoms with E-state index in [4.69, 9.17) is 10.2 Å². The number of hydrogen-bond acceptors (Lipinski definition) is 5. The zero-order chi connectivity index (χ0) is 16.6. The molecule has 122 valence electrons. The van der Waals surface area contributed by atoms with E-state index in [0.29, 0.717) is 0 Å². The number of hydrogen-bond donors (Lipinski definition) is 4. The molecule has 1 atom stereocenters. The Hall–Kier alpha value is -2.12. The second-order valence-electron chi connectivity index (χ2n) is 5.24. The fourth-order valence-corrected chi connectivity index (χ4v) is 1.78. The van der Waals surface area contributed by atoms with Gasteiger partial charge in [0.15, 0.2) is 0 Å². The molecule has 1 aromatic carbocycles. The minimum Gasteiger partial charge on any atom is -0.467 e. The van der Waals surface area contributed by atoms with Gasteiger partial charge in [-0.05, 0) is 12.5 Å². The summed E-state index contributed by atoms with van der Waals surface area (Å²) in [5.74, 6) is -0.575. The molecule has 22 heavy (non-hydrogen) atoms. The minimum atomic E-state index is -1.17. The van der Waals surface area contributed by atoms with Crippen LogP contribution in [0.5, 0.6) is 0 Å². The van der Waals surface area contributed by atoms with Crippen LogP contribution < -0.4 is 10.6 Å². The number of aliphatic hydroxyl groups excluding tert-OH is 2. The van der Waals surface area contributed by atoms with Crippen molar-refractivity contribution in [3.8, 4) is 0 Å². The van der Waals surface area contributed by atoms with E-state index in [1.54, 1.807) is 0 Å². The molecule has 0 aliphatic rings. The fourth-order valence-electron chi connectivity index (χ4n) is 1.78. The van der Waals surface area contributed by atoms with Crippen LogP contribution in [0.15, 0.2) is 30.3 Å². The largest absolute Gasteiger partial charge is 0.467 e. The maximum Gasteiger partial charge on any atom is 0.328 e. The van der Waals surface area contributed by atoms with Gasteiger partial charge < -0.3 is 25.6 Å². The zero-order valence-electron chi connectivity index (χ0n) is 12.7. The predicted octanol–water partition coefficient (Wildman–Crippen LogP) is -0.187. The van der Waals surface area contributed by atoms with Crippen molar-refractivity contribution in [1.29, 1.82) is 0 Å². The molecule has 0 unspecified atom stereocenters. The second-order valence-corrected chi connectivity index (χ2v) is 5.24. The van der Waals surface area contributed by atoms with Crippen molar-refractivity contribution in [1.82, 2.24) is 10.6 Å². The van der Waals surface area contributed by atoms with Gasteiger partial charge in [0.2, 0.25) is 0 Å². The van der Waals surface area contributed by atoms with Crippen LogP contribution in [0.25, 0.3) is 0 Å². The van der Waals surface area contributed by atoms with Crippen molar-refractivity contribution < 1.29 is 24.5 Å². The third-order valence-electron chi connectivity index (χ3n) is 3.19. The Morgan fingerprint density at radius 2 is 1.82 bits per heavy atom. The second kappa shape index (κ2) is 8.35. The van der Waals surface area contributed by atoms with Gasteiger partial charge in [-0.3, -0.25) is 0 Å². The first-order chi connectivity index (χ1) is 10.4. The van der Waals surface area contributed by atoms with Crippen LogP contribution in [0, 0.1) is 0 Å². The molecule has 1 aromatic rings. The summed E-state index contributed by atoms with van der Waals surface area (Å²) >= 11 is 0. The molecule has 1 rings (SSSR count). The summed E-state index contributed by atoms with van der Waals surface area (Å²) in [5, 5.41) is 23.3. The summed E-state index contributed by atoms with van der Waals surface area (Å²) in [4.78, 5) is 23.7. The lowest BCUT2D eigenvalue weighted by molar-refractivity contribution is -0.142. The van der Waals surface area contributed by atoms with Gasteiger partial charge in [-0.2, -0.15) is 0 Å². The van der Waals surface area contributed by atoms with Gasteiger partial charge in [-0.1, -0.05) is 30.3 Å². The first-order valence-corrected chi connectivity index (χ1v) is 6.86. The van der Waals surface area contributed by atoms with Crippen LogP contribution in [0.4, 0.5) is 4.79 Å².